The number of aryl methyl sites for hydroxylation is 1. The number of aromatic nitrogens is 4. The molecule has 8 rings (SSSR count). The Bertz CT molecular complexity index is 2620. The summed E-state index contributed by atoms with van der Waals surface area (Å²) < 4.78 is 21.6. The second-order valence-corrected chi connectivity index (χ2v) is 16.6. The summed E-state index contributed by atoms with van der Waals surface area (Å²) in [6.45, 7) is 5.26. The monoisotopic (exact) mass is 882 g/mol. The van der Waals surface area contributed by atoms with Crippen LogP contribution in [0.15, 0.2) is 103 Å². The van der Waals surface area contributed by atoms with Crippen molar-refractivity contribution in [3.63, 3.8) is 0 Å². The van der Waals surface area contributed by atoms with Gasteiger partial charge >= 0.3 is 12.2 Å². The summed E-state index contributed by atoms with van der Waals surface area (Å²) in [5.74, 6) is -0.241. The van der Waals surface area contributed by atoms with E-state index in [0.29, 0.717) is 38.2 Å². The van der Waals surface area contributed by atoms with Gasteiger partial charge in [-0.1, -0.05) is 92.7 Å². The van der Waals surface area contributed by atoms with Crippen molar-refractivity contribution in [2.75, 3.05) is 40.5 Å². The van der Waals surface area contributed by atoms with E-state index in [9.17, 15) is 19.2 Å². The molecule has 16 nitrogen and oxygen atoms in total. The maximum absolute atomic E-state index is 13.6. The molecule has 0 spiro atoms. The van der Waals surface area contributed by atoms with Crippen molar-refractivity contribution in [1.82, 2.24) is 40.8 Å². The number of aromatic amines is 2. The van der Waals surface area contributed by atoms with Gasteiger partial charge in [-0.2, -0.15) is 0 Å². The second kappa shape index (κ2) is 19.8. The molecule has 3 atom stereocenters. The number of nitrogens with one attached hydrogen (secondary N) is 5. The number of amides is 4. The van der Waals surface area contributed by atoms with Crippen LogP contribution in [0.4, 0.5) is 9.59 Å². The number of alkyl carbamates (subject to hydrolysis) is 2. The van der Waals surface area contributed by atoms with Crippen molar-refractivity contribution < 1.29 is 38.1 Å². The molecule has 2 aromatic heterocycles. The van der Waals surface area contributed by atoms with Gasteiger partial charge in [0.2, 0.25) is 11.8 Å². The van der Waals surface area contributed by atoms with Gasteiger partial charge in [0.1, 0.15) is 23.7 Å². The van der Waals surface area contributed by atoms with Crippen molar-refractivity contribution in [1.29, 1.82) is 0 Å². The van der Waals surface area contributed by atoms with Crippen molar-refractivity contribution >= 4 is 34.8 Å². The average Bonchev–Trinajstić information content (AvgIpc) is 4.19. The highest BCUT2D eigenvalue weighted by Crippen LogP contribution is 2.34. The van der Waals surface area contributed by atoms with Crippen molar-refractivity contribution in [2.24, 2.45) is 5.92 Å². The van der Waals surface area contributed by atoms with Crippen LogP contribution in [0, 0.1) is 5.92 Å². The fraction of sp³-hybridized carbons (Fsp3) is 0.347. The summed E-state index contributed by atoms with van der Waals surface area (Å²) in [6.07, 6.45) is 4.85. The molecule has 5 N–H and O–H groups in total. The molecule has 6 aromatic rings. The van der Waals surface area contributed by atoms with Crippen LogP contribution in [0.5, 0.6) is 0 Å². The quantitative estimate of drug-likeness (QED) is 0.0701. The van der Waals surface area contributed by atoms with Gasteiger partial charge in [-0.05, 0) is 63.9 Å². The normalized spacial score (nSPS) is 16.6. The first-order valence-corrected chi connectivity index (χ1v) is 21.9. The van der Waals surface area contributed by atoms with Gasteiger partial charge in [0.25, 0.3) is 0 Å². The highest BCUT2D eigenvalue weighted by atomic mass is 16.7. The zero-order valence-corrected chi connectivity index (χ0v) is 36.9. The topological polar surface area (TPSA) is 202 Å². The molecule has 0 saturated carbocycles. The third-order valence-corrected chi connectivity index (χ3v) is 12.1. The Balaban J connectivity index is 0.885. The minimum atomic E-state index is -1.05. The molecular weight excluding hydrogens is 829 g/mol. The van der Waals surface area contributed by atoms with Gasteiger partial charge in [-0.25, -0.2) is 19.6 Å². The van der Waals surface area contributed by atoms with Crippen LogP contribution in [-0.2, 0) is 35.0 Å². The number of rotatable bonds is 15. The lowest BCUT2D eigenvalue weighted by Crippen LogP contribution is -2.51. The zero-order chi connectivity index (χ0) is 45.5. The van der Waals surface area contributed by atoms with Crippen molar-refractivity contribution in [3.8, 4) is 33.6 Å². The summed E-state index contributed by atoms with van der Waals surface area (Å²) in [6, 6.07) is 28.1. The first kappa shape index (κ1) is 44.6. The van der Waals surface area contributed by atoms with Gasteiger partial charge in [0, 0.05) is 24.9 Å². The second-order valence-electron chi connectivity index (χ2n) is 16.6. The zero-order valence-electron chi connectivity index (χ0n) is 36.9. The number of nitrogens with zero attached hydrogens (tertiary/aromatic N) is 3. The van der Waals surface area contributed by atoms with Gasteiger partial charge in [-0.15, -0.1) is 0 Å². The van der Waals surface area contributed by atoms with Crippen LogP contribution in [-0.4, -0.2) is 101 Å². The molecule has 0 radical (unpaired) electrons. The summed E-state index contributed by atoms with van der Waals surface area (Å²) in [5, 5.41) is 10.4. The first-order chi connectivity index (χ1) is 31.5. The third-order valence-electron chi connectivity index (χ3n) is 12.1. The maximum atomic E-state index is 13.6. The molecule has 0 bridgehead atoms. The number of fused-ring (bicyclic) bond motifs is 1. The largest absolute Gasteiger partial charge is 0.453 e. The molecule has 0 aliphatic carbocycles. The number of carbonyl (C=O) groups is 4. The molecule has 16 heteroatoms. The number of hydrogen-bond donors (Lipinski definition) is 5. The molecule has 4 aromatic carbocycles. The molecule has 2 aliphatic heterocycles. The number of H-pyrrole nitrogens is 2. The summed E-state index contributed by atoms with van der Waals surface area (Å²) >= 11 is 0. The predicted molar refractivity (Wildman–Crippen MR) is 243 cm³/mol. The number of imidazole rings is 2. The van der Waals surface area contributed by atoms with E-state index in [-0.39, 0.29) is 24.4 Å². The first-order valence-electron chi connectivity index (χ1n) is 21.9. The Morgan fingerprint density at radius 3 is 2.12 bits per heavy atom. The van der Waals surface area contributed by atoms with Crippen LogP contribution in [0.25, 0.3) is 44.4 Å². The Hall–Kier alpha value is -7.04. The minimum Gasteiger partial charge on any atom is -0.453 e. The number of ether oxygens (including phenoxy) is 4. The van der Waals surface area contributed by atoms with Crippen LogP contribution < -0.4 is 16.0 Å². The predicted octanol–water partition coefficient (Wildman–Crippen LogP) is 7.22. The summed E-state index contributed by atoms with van der Waals surface area (Å²) in [5.41, 5.74) is 6.48. The van der Waals surface area contributed by atoms with Gasteiger partial charge in [0.05, 0.1) is 63.8 Å². The lowest BCUT2D eigenvalue weighted by molar-refractivity contribution is -0.162. The molecule has 0 unspecified atom stereocenters. The van der Waals surface area contributed by atoms with Crippen LogP contribution >= 0.6 is 0 Å². The average molecular weight is 883 g/mol. The maximum Gasteiger partial charge on any atom is 0.407 e. The number of likely N-dealkylation sites (tertiary alicyclic amines) is 1. The number of benzene rings is 4. The van der Waals surface area contributed by atoms with Crippen LogP contribution in [0.3, 0.4) is 0 Å². The molecule has 4 heterocycles. The minimum absolute atomic E-state index is 0.0810. The standard InChI is InChI=1S/C49H54N8O8/c1-30(2)42(55-47(60)62-3)46(59)57-22-8-11-40(57)44-51-28-39(54-44)37-19-18-35-25-34(16-17-36(35)26-37)31-12-14-32(15-13-31)38-27-50-41(53-38)20-21-49(64-23-24-65-49)29-52-45(58)43(56-48(61)63-4)33-9-6-5-7-10-33/h5-7,9-10,12-19,25-28,30,40,42-43H,8,11,20-24,29H2,1-4H3,(H,50,53)(H,51,54)(H,52,58)(H,55,60)(H,56,61)/t40-,42-,43+/m0/s1. The molecule has 2 fully saturated rings. The highest BCUT2D eigenvalue weighted by molar-refractivity contribution is 5.91. The Kier molecular flexibility index (Phi) is 13.6. The molecule has 338 valence electrons. The fourth-order valence-corrected chi connectivity index (χ4v) is 8.50. The van der Waals surface area contributed by atoms with E-state index in [2.05, 4.69) is 91.6 Å². The Morgan fingerprint density at radius 2 is 1.42 bits per heavy atom. The van der Waals surface area contributed by atoms with Crippen LogP contribution in [0.1, 0.15) is 62.4 Å². The van der Waals surface area contributed by atoms with Gasteiger partial charge in [-0.3, -0.25) is 9.59 Å². The Morgan fingerprint density at radius 1 is 0.785 bits per heavy atom. The van der Waals surface area contributed by atoms with E-state index in [4.69, 9.17) is 23.9 Å². The lowest BCUT2D eigenvalue weighted by Gasteiger charge is -2.30. The molecular formula is C49H54N8O8. The molecule has 2 aliphatic rings. The highest BCUT2D eigenvalue weighted by Gasteiger charge is 2.39. The van der Waals surface area contributed by atoms with E-state index >= 15 is 0 Å². The van der Waals surface area contributed by atoms with Gasteiger partial charge in [0.15, 0.2) is 5.79 Å². The SMILES string of the molecule is COC(=O)N[C@H](C(=O)N1CCC[C@H]1c1ncc(-c2ccc3cc(-c4ccc(-c5cnc(CCC6(CNC(=O)[C@H](NC(=O)OC)c7ccccc7)OCCO6)[nH]5)cc4)ccc3c2)[nH]1)C(C)C. The van der Waals surface area contributed by atoms with Gasteiger partial charge < -0.3 is 49.8 Å². The van der Waals surface area contributed by atoms with E-state index in [1.54, 1.807) is 24.3 Å². The van der Waals surface area contributed by atoms with E-state index in [0.717, 1.165) is 68.9 Å². The van der Waals surface area contributed by atoms with Crippen LogP contribution in [0.2, 0.25) is 0 Å². The molecule has 65 heavy (non-hydrogen) atoms. The van der Waals surface area contributed by atoms with E-state index in [1.807, 2.05) is 37.2 Å². The van der Waals surface area contributed by atoms with E-state index < -0.39 is 36.0 Å². The number of carbonyl (C=O) groups excluding carboxylic acids is 4. The Labute approximate surface area is 376 Å². The van der Waals surface area contributed by atoms with Crippen molar-refractivity contribution in [3.05, 3.63) is 121 Å². The summed E-state index contributed by atoms with van der Waals surface area (Å²) in [7, 11) is 2.54. The lowest BCUT2D eigenvalue weighted by atomic mass is 9.98. The third kappa shape index (κ3) is 10.2. The van der Waals surface area contributed by atoms with Crippen molar-refractivity contribution in [2.45, 2.75) is 63.4 Å². The fourth-order valence-electron chi connectivity index (χ4n) is 8.50. The smallest absolute Gasteiger partial charge is 0.407 e. The van der Waals surface area contributed by atoms with E-state index in [1.165, 1.54) is 14.2 Å². The molecule has 2 saturated heterocycles. The summed E-state index contributed by atoms with van der Waals surface area (Å²) in [4.78, 5) is 69.1. The number of hydrogen-bond acceptors (Lipinski definition) is 10. The number of methoxy groups -OCH3 is 2. The molecule has 4 amide bonds.